The minimum Gasteiger partial charge on any atom is -0.352 e. The molecule has 0 spiro atoms. The van der Waals surface area contributed by atoms with Gasteiger partial charge >= 0.3 is 0 Å². The van der Waals surface area contributed by atoms with Crippen LogP contribution in [0.5, 0.6) is 0 Å². The van der Waals surface area contributed by atoms with Crippen LogP contribution in [0.25, 0.3) is 10.9 Å². The molecule has 2 rings (SSSR count). The second kappa shape index (κ2) is 2.23. The highest BCUT2D eigenvalue weighted by Crippen LogP contribution is 2.12. The van der Waals surface area contributed by atoms with Crippen molar-refractivity contribution in [2.24, 2.45) is 0 Å². The Kier molecular flexibility index (Phi) is 1.25. The number of nitrogens with one attached hydrogen (secondary N) is 1. The number of aromatic nitrogens is 1. The maximum absolute atomic E-state index is 10.2. The van der Waals surface area contributed by atoms with Crippen LogP contribution in [0.15, 0.2) is 30.3 Å². The lowest BCUT2D eigenvalue weighted by Gasteiger charge is -1.83. The maximum Gasteiger partial charge on any atom is 0.251 e. The summed E-state index contributed by atoms with van der Waals surface area (Å²) in [5.41, 5.74) is 1.48. The molecule has 0 aliphatic heterocycles. The highest BCUT2D eigenvalue weighted by Gasteiger charge is 1.96. The lowest BCUT2D eigenvalue weighted by molar-refractivity contribution is 0.562. The Bertz CT molecular complexity index is 356. The van der Waals surface area contributed by atoms with E-state index in [9.17, 15) is 4.79 Å². The molecule has 2 heteroatoms. The highest BCUT2D eigenvalue weighted by atomic mass is 16.1. The monoisotopic (exact) mass is 144 g/mol. The van der Waals surface area contributed by atoms with Gasteiger partial charge in [0.05, 0.1) is 5.69 Å². The van der Waals surface area contributed by atoms with Gasteiger partial charge in [-0.3, -0.25) is 4.79 Å². The predicted molar refractivity (Wildman–Crippen MR) is 43.1 cm³/mol. The molecule has 0 unspecified atom stereocenters. The minimum absolute atomic E-state index is 0.506. The summed E-state index contributed by atoms with van der Waals surface area (Å²) in [6, 6.07) is 9.52. The number of para-hydroxylation sites is 1. The fourth-order valence-electron chi connectivity index (χ4n) is 1.13. The third-order valence-corrected chi connectivity index (χ3v) is 1.64. The van der Waals surface area contributed by atoms with Crippen LogP contribution in [-0.4, -0.2) is 11.3 Å². The zero-order valence-corrected chi connectivity index (χ0v) is 5.79. The summed E-state index contributed by atoms with van der Waals surface area (Å²) in [5, 5.41) is 1.05. The molecule has 0 saturated heterocycles. The molecule has 2 nitrogen and oxygen atoms in total. The van der Waals surface area contributed by atoms with Gasteiger partial charge in [-0.15, -0.1) is 0 Å². The average Bonchev–Trinajstić information content (AvgIpc) is 2.46. The minimum atomic E-state index is 0.506. The lowest BCUT2D eigenvalue weighted by atomic mass is 10.2. The SMILES string of the molecule is O=[C]c1cc2ccccc2[nH]1. The molecule has 0 amide bonds. The Morgan fingerprint density at radius 1 is 1.27 bits per heavy atom. The first kappa shape index (κ1) is 6.16. The summed E-state index contributed by atoms with van der Waals surface area (Å²) in [6.45, 7) is 0. The van der Waals surface area contributed by atoms with Gasteiger partial charge in [0, 0.05) is 10.9 Å². The summed E-state index contributed by atoms with van der Waals surface area (Å²) < 4.78 is 0. The largest absolute Gasteiger partial charge is 0.352 e. The highest BCUT2D eigenvalue weighted by molar-refractivity contribution is 5.87. The van der Waals surface area contributed by atoms with E-state index in [4.69, 9.17) is 0 Å². The lowest BCUT2D eigenvalue weighted by Crippen LogP contribution is -1.74. The number of hydrogen-bond acceptors (Lipinski definition) is 1. The molecule has 0 atom stereocenters. The van der Waals surface area contributed by atoms with Crippen molar-refractivity contribution in [3.05, 3.63) is 36.0 Å². The zero-order chi connectivity index (χ0) is 7.68. The molecule has 0 bridgehead atoms. The van der Waals surface area contributed by atoms with Gasteiger partial charge in [-0.2, -0.15) is 0 Å². The van der Waals surface area contributed by atoms with Gasteiger partial charge in [-0.25, -0.2) is 0 Å². The molecule has 11 heavy (non-hydrogen) atoms. The van der Waals surface area contributed by atoms with E-state index >= 15 is 0 Å². The van der Waals surface area contributed by atoms with Crippen LogP contribution in [-0.2, 0) is 4.79 Å². The topological polar surface area (TPSA) is 32.9 Å². The Labute approximate surface area is 63.8 Å². The molecular weight excluding hydrogens is 138 g/mol. The first-order valence-corrected chi connectivity index (χ1v) is 3.36. The van der Waals surface area contributed by atoms with E-state index in [1.165, 1.54) is 0 Å². The smallest absolute Gasteiger partial charge is 0.251 e. The van der Waals surface area contributed by atoms with Gasteiger partial charge in [-0.1, -0.05) is 18.2 Å². The van der Waals surface area contributed by atoms with Gasteiger partial charge in [-0.05, 0) is 12.1 Å². The van der Waals surface area contributed by atoms with E-state index in [1.807, 2.05) is 30.6 Å². The second-order valence-electron chi connectivity index (χ2n) is 2.37. The summed E-state index contributed by atoms with van der Waals surface area (Å²) >= 11 is 0. The van der Waals surface area contributed by atoms with E-state index in [0.717, 1.165) is 10.9 Å². The van der Waals surface area contributed by atoms with Crippen molar-refractivity contribution in [1.29, 1.82) is 0 Å². The third-order valence-electron chi connectivity index (χ3n) is 1.64. The van der Waals surface area contributed by atoms with E-state index in [-0.39, 0.29) is 0 Å². The van der Waals surface area contributed by atoms with Gasteiger partial charge in [0.1, 0.15) is 0 Å². The molecule has 1 aromatic carbocycles. The fraction of sp³-hybridized carbons (Fsp3) is 0. The number of aromatic amines is 1. The van der Waals surface area contributed by atoms with Crippen LogP contribution in [0.2, 0.25) is 0 Å². The van der Waals surface area contributed by atoms with Gasteiger partial charge < -0.3 is 4.98 Å². The van der Waals surface area contributed by atoms with Crippen molar-refractivity contribution < 1.29 is 4.79 Å². The Morgan fingerprint density at radius 2 is 2.09 bits per heavy atom. The van der Waals surface area contributed by atoms with E-state index in [1.54, 1.807) is 6.07 Å². The standard InChI is InChI=1S/C9H6NO/c11-6-8-5-7-3-1-2-4-9(7)10-8/h1-5,10H. The van der Waals surface area contributed by atoms with Crippen LogP contribution < -0.4 is 0 Å². The van der Waals surface area contributed by atoms with E-state index in [0.29, 0.717) is 5.69 Å². The average molecular weight is 144 g/mol. The van der Waals surface area contributed by atoms with E-state index < -0.39 is 0 Å². The maximum atomic E-state index is 10.2. The predicted octanol–water partition coefficient (Wildman–Crippen LogP) is 1.63. The third kappa shape index (κ3) is 0.923. The molecule has 53 valence electrons. The summed E-state index contributed by atoms with van der Waals surface area (Å²) in [6.07, 6.45) is 1.81. The first-order chi connectivity index (χ1) is 5.40. The Hall–Kier alpha value is -1.57. The van der Waals surface area contributed by atoms with Crippen molar-refractivity contribution >= 4 is 17.2 Å². The van der Waals surface area contributed by atoms with Gasteiger partial charge in [0.25, 0.3) is 6.29 Å². The van der Waals surface area contributed by atoms with Crippen LogP contribution in [0.3, 0.4) is 0 Å². The van der Waals surface area contributed by atoms with Crippen molar-refractivity contribution in [1.82, 2.24) is 4.98 Å². The van der Waals surface area contributed by atoms with Crippen LogP contribution in [0.4, 0.5) is 0 Å². The number of rotatable bonds is 1. The Balaban J connectivity index is 2.78. The van der Waals surface area contributed by atoms with Crippen molar-refractivity contribution in [3.63, 3.8) is 0 Å². The molecule has 0 saturated carbocycles. The van der Waals surface area contributed by atoms with Crippen LogP contribution in [0, 0.1) is 0 Å². The summed E-state index contributed by atoms with van der Waals surface area (Å²) in [7, 11) is 0. The van der Waals surface area contributed by atoms with Crippen molar-refractivity contribution in [2.75, 3.05) is 0 Å². The molecule has 2 aromatic rings. The van der Waals surface area contributed by atoms with Crippen LogP contribution >= 0.6 is 0 Å². The number of carbonyl (C=O) groups excluding carboxylic acids is 1. The molecule has 1 heterocycles. The first-order valence-electron chi connectivity index (χ1n) is 3.36. The molecule has 0 aliphatic rings. The van der Waals surface area contributed by atoms with Crippen molar-refractivity contribution in [3.8, 4) is 0 Å². The Morgan fingerprint density at radius 3 is 2.82 bits per heavy atom. The number of fused-ring (bicyclic) bond motifs is 1. The number of hydrogen-bond donors (Lipinski definition) is 1. The summed E-state index contributed by atoms with van der Waals surface area (Å²) in [4.78, 5) is 13.1. The molecule has 1 aromatic heterocycles. The molecule has 1 radical (unpaired) electrons. The molecule has 0 fully saturated rings. The van der Waals surface area contributed by atoms with Crippen LogP contribution in [0.1, 0.15) is 5.69 Å². The second-order valence-corrected chi connectivity index (χ2v) is 2.37. The normalized spacial score (nSPS) is 10.2. The van der Waals surface area contributed by atoms with Gasteiger partial charge in [0.15, 0.2) is 0 Å². The fourth-order valence-corrected chi connectivity index (χ4v) is 1.13. The number of H-pyrrole nitrogens is 1. The summed E-state index contributed by atoms with van der Waals surface area (Å²) in [5.74, 6) is 0. The quantitative estimate of drug-likeness (QED) is 0.648. The molecule has 0 aliphatic carbocycles. The molecule has 1 N–H and O–H groups in total. The van der Waals surface area contributed by atoms with E-state index in [2.05, 4.69) is 4.98 Å². The zero-order valence-electron chi connectivity index (χ0n) is 5.79. The van der Waals surface area contributed by atoms with Gasteiger partial charge in [0.2, 0.25) is 0 Å². The van der Waals surface area contributed by atoms with Crippen molar-refractivity contribution in [2.45, 2.75) is 0 Å². The number of benzene rings is 1. The molecular formula is C9H6NO.